The average Bonchev–Trinajstić information content (AvgIpc) is 3.32. The number of hydrogen-bond donors (Lipinski definition) is 2. The summed E-state index contributed by atoms with van der Waals surface area (Å²) in [5.74, 6) is 0.482. The molecule has 3 heterocycles. The summed E-state index contributed by atoms with van der Waals surface area (Å²) in [5, 5.41) is 10.5. The van der Waals surface area contributed by atoms with Gasteiger partial charge in [-0.25, -0.2) is 4.98 Å². The third-order valence-electron chi connectivity index (χ3n) is 4.67. The van der Waals surface area contributed by atoms with Gasteiger partial charge in [-0.15, -0.1) is 12.4 Å². The Bertz CT molecular complexity index is 938. The zero-order valence-corrected chi connectivity index (χ0v) is 16.0. The molecule has 0 aliphatic carbocycles. The Morgan fingerprint density at radius 2 is 2.30 bits per heavy atom. The Balaban J connectivity index is 0.00000210. The minimum atomic E-state index is -0.142. The monoisotopic (exact) mass is 391 g/mol. The van der Waals surface area contributed by atoms with Crippen LogP contribution in [0, 0.1) is 5.92 Å². The summed E-state index contributed by atoms with van der Waals surface area (Å²) in [6.07, 6.45) is 3.80. The summed E-state index contributed by atoms with van der Waals surface area (Å²) < 4.78 is 12.4. The van der Waals surface area contributed by atoms with Gasteiger partial charge in [0, 0.05) is 45.0 Å². The van der Waals surface area contributed by atoms with Crippen molar-refractivity contribution in [3.8, 4) is 0 Å². The number of aryl methyl sites for hydroxylation is 1. The maximum atomic E-state index is 12.8. The third kappa shape index (κ3) is 3.97. The molecule has 0 unspecified atom stereocenters. The highest BCUT2D eigenvalue weighted by Gasteiger charge is 2.34. The van der Waals surface area contributed by atoms with Gasteiger partial charge in [0.25, 0.3) is 0 Å². The lowest BCUT2D eigenvalue weighted by Crippen LogP contribution is -2.28. The Morgan fingerprint density at radius 3 is 3.04 bits per heavy atom. The van der Waals surface area contributed by atoms with Gasteiger partial charge in [0.1, 0.15) is 12.1 Å². The number of carbonyl (C=O) groups is 1. The lowest BCUT2D eigenvalue weighted by Gasteiger charge is -2.17. The summed E-state index contributed by atoms with van der Waals surface area (Å²) in [7, 11) is 3.47. The molecule has 3 aromatic rings. The summed E-state index contributed by atoms with van der Waals surface area (Å²) in [6, 6.07) is 5.45. The van der Waals surface area contributed by atoms with Crippen LogP contribution in [0.2, 0.25) is 0 Å². The number of amides is 1. The zero-order valence-electron chi connectivity index (χ0n) is 15.1. The molecular formula is C18H22ClN5O3. The number of halogens is 1. The topological polar surface area (TPSA) is 94.2 Å². The highest BCUT2D eigenvalue weighted by Crippen LogP contribution is 2.29. The zero-order chi connectivity index (χ0) is 18.1. The molecule has 1 saturated heterocycles. The number of aromatic nitrogens is 3. The Morgan fingerprint density at radius 1 is 1.44 bits per heavy atom. The van der Waals surface area contributed by atoms with E-state index < -0.39 is 0 Å². The van der Waals surface area contributed by atoms with Crippen LogP contribution in [0.4, 0.5) is 5.69 Å². The van der Waals surface area contributed by atoms with E-state index >= 15 is 0 Å². The standard InChI is InChI=1S/C18H21N5O3.ClH/c1-23-9-11(6-20-23)13-7-19-8-14(13)18(24)21-12-3-4-16-15(5-12)22-17(26-16)10-25-2;/h3-6,9,13-14,19H,7-8,10H2,1-2H3,(H,21,24);1H/t13-,14+;/m1./s1. The predicted molar refractivity (Wildman–Crippen MR) is 103 cm³/mol. The molecule has 0 spiro atoms. The van der Waals surface area contributed by atoms with Crippen LogP contribution in [0.3, 0.4) is 0 Å². The number of ether oxygens (including phenoxy) is 1. The van der Waals surface area contributed by atoms with Crippen molar-refractivity contribution in [3.63, 3.8) is 0 Å². The molecule has 2 atom stereocenters. The fourth-order valence-electron chi connectivity index (χ4n) is 3.41. The first-order valence-electron chi connectivity index (χ1n) is 8.52. The van der Waals surface area contributed by atoms with Crippen LogP contribution >= 0.6 is 12.4 Å². The molecule has 1 amide bonds. The van der Waals surface area contributed by atoms with Gasteiger partial charge in [-0.05, 0) is 23.8 Å². The van der Waals surface area contributed by atoms with E-state index in [4.69, 9.17) is 9.15 Å². The van der Waals surface area contributed by atoms with Gasteiger partial charge < -0.3 is 19.8 Å². The summed E-state index contributed by atoms with van der Waals surface area (Å²) in [5.41, 5.74) is 3.15. The Hall–Kier alpha value is -2.42. The second-order valence-corrected chi connectivity index (χ2v) is 6.53. The molecular weight excluding hydrogens is 370 g/mol. The van der Waals surface area contributed by atoms with Gasteiger partial charge in [0.05, 0.1) is 12.1 Å². The van der Waals surface area contributed by atoms with E-state index in [1.165, 1.54) is 0 Å². The number of oxazole rings is 1. The quantitative estimate of drug-likeness (QED) is 0.691. The van der Waals surface area contributed by atoms with Gasteiger partial charge in [-0.1, -0.05) is 0 Å². The third-order valence-corrected chi connectivity index (χ3v) is 4.67. The molecule has 8 nitrogen and oxygen atoms in total. The molecule has 9 heteroatoms. The highest BCUT2D eigenvalue weighted by atomic mass is 35.5. The number of carbonyl (C=O) groups excluding carboxylic acids is 1. The maximum absolute atomic E-state index is 12.8. The van der Waals surface area contributed by atoms with E-state index in [1.54, 1.807) is 11.8 Å². The molecule has 2 aromatic heterocycles. The molecule has 2 N–H and O–H groups in total. The predicted octanol–water partition coefficient (Wildman–Crippen LogP) is 2.07. The molecule has 0 saturated carbocycles. The van der Waals surface area contributed by atoms with Gasteiger partial charge in [-0.2, -0.15) is 5.10 Å². The lowest BCUT2D eigenvalue weighted by atomic mass is 9.90. The SMILES string of the molecule is COCc1nc2cc(NC(=O)[C@H]3CNC[C@@H]3c3cnn(C)c3)ccc2o1.Cl. The second-order valence-electron chi connectivity index (χ2n) is 6.53. The van der Waals surface area contributed by atoms with Crippen molar-refractivity contribution >= 4 is 35.1 Å². The van der Waals surface area contributed by atoms with Crippen LogP contribution in [0.5, 0.6) is 0 Å². The number of methoxy groups -OCH3 is 1. The fraction of sp³-hybridized carbons (Fsp3) is 0.389. The van der Waals surface area contributed by atoms with Crippen LogP contribution in [-0.2, 0) is 23.2 Å². The van der Waals surface area contributed by atoms with E-state index in [-0.39, 0.29) is 30.2 Å². The largest absolute Gasteiger partial charge is 0.438 e. The lowest BCUT2D eigenvalue weighted by molar-refractivity contribution is -0.119. The first-order valence-corrected chi connectivity index (χ1v) is 8.52. The summed E-state index contributed by atoms with van der Waals surface area (Å²) >= 11 is 0. The first kappa shape index (κ1) is 19.3. The van der Waals surface area contributed by atoms with Crippen LogP contribution in [0.1, 0.15) is 17.4 Å². The van der Waals surface area contributed by atoms with Crippen molar-refractivity contribution in [1.29, 1.82) is 0 Å². The van der Waals surface area contributed by atoms with Crippen molar-refractivity contribution < 1.29 is 13.9 Å². The maximum Gasteiger partial charge on any atom is 0.229 e. The molecule has 1 aliphatic rings. The number of fused-ring (bicyclic) bond motifs is 1. The van der Waals surface area contributed by atoms with E-state index in [9.17, 15) is 4.79 Å². The smallest absolute Gasteiger partial charge is 0.229 e. The van der Waals surface area contributed by atoms with Crippen LogP contribution in [0.25, 0.3) is 11.1 Å². The van der Waals surface area contributed by atoms with Crippen LogP contribution in [0.15, 0.2) is 35.0 Å². The molecule has 1 aliphatic heterocycles. The minimum Gasteiger partial charge on any atom is -0.438 e. The number of rotatable bonds is 5. The molecule has 1 aromatic carbocycles. The minimum absolute atomic E-state index is 0. The second kappa shape index (κ2) is 8.08. The molecule has 1 fully saturated rings. The normalized spacial score (nSPS) is 19.2. The number of benzene rings is 1. The van der Waals surface area contributed by atoms with Crippen molar-refractivity contribution in [1.82, 2.24) is 20.1 Å². The van der Waals surface area contributed by atoms with Crippen molar-refractivity contribution in [2.45, 2.75) is 12.5 Å². The van der Waals surface area contributed by atoms with E-state index in [0.717, 1.165) is 12.1 Å². The molecule has 0 radical (unpaired) electrons. The summed E-state index contributed by atoms with van der Waals surface area (Å²) in [6.45, 7) is 1.74. The van der Waals surface area contributed by atoms with Crippen molar-refractivity contribution in [3.05, 3.63) is 42.0 Å². The van der Waals surface area contributed by atoms with Crippen LogP contribution < -0.4 is 10.6 Å². The van der Waals surface area contributed by atoms with Crippen LogP contribution in [-0.4, -0.2) is 40.9 Å². The number of hydrogen-bond acceptors (Lipinski definition) is 6. The van der Waals surface area contributed by atoms with E-state index in [0.29, 0.717) is 35.8 Å². The molecule has 144 valence electrons. The van der Waals surface area contributed by atoms with E-state index in [2.05, 4.69) is 20.7 Å². The summed E-state index contributed by atoms with van der Waals surface area (Å²) in [4.78, 5) is 17.2. The average molecular weight is 392 g/mol. The first-order chi connectivity index (χ1) is 12.6. The van der Waals surface area contributed by atoms with E-state index in [1.807, 2.05) is 37.6 Å². The Labute approximate surface area is 162 Å². The fourth-order valence-corrected chi connectivity index (χ4v) is 3.41. The number of anilines is 1. The van der Waals surface area contributed by atoms with Gasteiger partial charge in [0.15, 0.2) is 5.58 Å². The van der Waals surface area contributed by atoms with Crippen molar-refractivity contribution in [2.24, 2.45) is 13.0 Å². The number of nitrogens with one attached hydrogen (secondary N) is 2. The van der Waals surface area contributed by atoms with Crippen molar-refractivity contribution in [2.75, 3.05) is 25.5 Å². The molecule has 4 rings (SSSR count). The van der Waals surface area contributed by atoms with Gasteiger partial charge >= 0.3 is 0 Å². The number of nitrogens with zero attached hydrogens (tertiary/aromatic N) is 3. The molecule has 0 bridgehead atoms. The van der Waals surface area contributed by atoms with Gasteiger partial charge in [-0.3, -0.25) is 9.48 Å². The van der Waals surface area contributed by atoms with Gasteiger partial charge in [0.2, 0.25) is 11.8 Å². The molecule has 27 heavy (non-hydrogen) atoms. The highest BCUT2D eigenvalue weighted by molar-refractivity contribution is 5.95. The Kier molecular flexibility index (Phi) is 5.79.